The summed E-state index contributed by atoms with van der Waals surface area (Å²) < 4.78 is 5.01. The third-order valence-corrected chi connectivity index (χ3v) is 2.31. The van der Waals surface area contributed by atoms with Crippen molar-refractivity contribution in [1.29, 1.82) is 0 Å². The number of hydrogen-bond donors (Lipinski definition) is 2. The van der Waals surface area contributed by atoms with E-state index in [1.807, 2.05) is 0 Å². The van der Waals surface area contributed by atoms with Crippen molar-refractivity contribution in [3.8, 4) is 0 Å². The molecule has 2 aromatic rings. The van der Waals surface area contributed by atoms with Crippen molar-refractivity contribution in [3.63, 3.8) is 0 Å². The lowest BCUT2D eigenvalue weighted by Gasteiger charge is -2.06. The van der Waals surface area contributed by atoms with Crippen LogP contribution in [0.4, 0.5) is 5.69 Å². The van der Waals surface area contributed by atoms with E-state index in [9.17, 15) is 4.79 Å². The van der Waals surface area contributed by atoms with Crippen molar-refractivity contribution >= 4 is 16.7 Å². The third kappa shape index (κ3) is 1.71. The van der Waals surface area contributed by atoms with Crippen LogP contribution >= 0.6 is 0 Å². The van der Waals surface area contributed by atoms with Crippen molar-refractivity contribution in [2.45, 2.75) is 6.42 Å². The van der Waals surface area contributed by atoms with Gasteiger partial charge in [-0.3, -0.25) is 0 Å². The van der Waals surface area contributed by atoms with Crippen molar-refractivity contribution < 1.29 is 9.52 Å². The van der Waals surface area contributed by atoms with Gasteiger partial charge in [-0.05, 0) is 30.2 Å². The maximum absolute atomic E-state index is 11.0. The molecule has 0 amide bonds. The van der Waals surface area contributed by atoms with E-state index in [1.165, 1.54) is 6.07 Å². The lowest BCUT2D eigenvalue weighted by Crippen LogP contribution is -2.01. The van der Waals surface area contributed by atoms with Crippen molar-refractivity contribution in [2.75, 3.05) is 12.3 Å². The number of benzene rings is 1. The molecule has 2 rings (SSSR count). The van der Waals surface area contributed by atoms with Crippen LogP contribution in [-0.2, 0) is 6.42 Å². The Morgan fingerprint density at radius 2 is 2.07 bits per heavy atom. The maximum Gasteiger partial charge on any atom is 0.336 e. The first-order valence-corrected chi connectivity index (χ1v) is 4.64. The summed E-state index contributed by atoms with van der Waals surface area (Å²) in [5, 5.41) is 9.69. The van der Waals surface area contributed by atoms with E-state index in [2.05, 4.69) is 0 Å². The molecule has 0 aliphatic carbocycles. The Bertz CT molecular complexity index is 545. The topological polar surface area (TPSA) is 76.5 Å². The van der Waals surface area contributed by atoms with Crippen LogP contribution in [0.25, 0.3) is 11.0 Å². The Labute approximate surface area is 85.9 Å². The molecule has 4 heteroatoms. The molecule has 0 spiro atoms. The first kappa shape index (κ1) is 9.73. The molecule has 0 aliphatic rings. The van der Waals surface area contributed by atoms with Crippen LogP contribution in [0.1, 0.15) is 5.56 Å². The van der Waals surface area contributed by atoms with Gasteiger partial charge in [0.25, 0.3) is 0 Å². The molecular weight excluding hydrogens is 194 g/mol. The number of nitrogens with two attached hydrogens (primary N) is 1. The Kier molecular flexibility index (Phi) is 2.43. The second-order valence-electron chi connectivity index (χ2n) is 3.27. The summed E-state index contributed by atoms with van der Waals surface area (Å²) in [7, 11) is 0. The Hall–Kier alpha value is -1.81. The molecule has 15 heavy (non-hydrogen) atoms. The smallest absolute Gasteiger partial charge is 0.336 e. The van der Waals surface area contributed by atoms with E-state index in [4.69, 9.17) is 15.3 Å². The Balaban J connectivity index is 2.75. The molecule has 0 atom stereocenters. The first-order chi connectivity index (χ1) is 7.22. The van der Waals surface area contributed by atoms with Crippen molar-refractivity contribution in [1.82, 2.24) is 0 Å². The first-order valence-electron chi connectivity index (χ1n) is 4.64. The van der Waals surface area contributed by atoms with Gasteiger partial charge in [0.15, 0.2) is 0 Å². The molecule has 1 aromatic carbocycles. The molecule has 0 unspecified atom stereocenters. The van der Waals surface area contributed by atoms with E-state index >= 15 is 0 Å². The highest BCUT2D eigenvalue weighted by Gasteiger charge is 2.06. The molecule has 1 aromatic heterocycles. The van der Waals surface area contributed by atoms with Crippen LogP contribution < -0.4 is 11.4 Å². The highest BCUT2D eigenvalue weighted by atomic mass is 16.4. The van der Waals surface area contributed by atoms with Gasteiger partial charge < -0.3 is 15.3 Å². The van der Waals surface area contributed by atoms with E-state index in [1.54, 1.807) is 18.2 Å². The van der Waals surface area contributed by atoms with E-state index < -0.39 is 0 Å². The van der Waals surface area contributed by atoms with Gasteiger partial charge in [0.1, 0.15) is 5.58 Å². The minimum absolute atomic E-state index is 0.0163. The fraction of sp³-hybridized carbons (Fsp3) is 0.182. The van der Waals surface area contributed by atoms with Crippen LogP contribution in [0.3, 0.4) is 0 Å². The highest BCUT2D eigenvalue weighted by Crippen LogP contribution is 2.23. The zero-order valence-corrected chi connectivity index (χ0v) is 8.06. The molecule has 0 saturated carbocycles. The molecule has 0 aliphatic heterocycles. The lowest BCUT2D eigenvalue weighted by atomic mass is 10.0. The molecule has 4 nitrogen and oxygen atoms in total. The fourth-order valence-electron chi connectivity index (χ4n) is 1.62. The summed E-state index contributed by atoms with van der Waals surface area (Å²) in [5.41, 5.74) is 7.31. The summed E-state index contributed by atoms with van der Waals surface area (Å²) in [6, 6.07) is 6.36. The molecular formula is C11H11NO3. The van der Waals surface area contributed by atoms with Gasteiger partial charge >= 0.3 is 5.63 Å². The number of nitrogen functional groups attached to an aromatic ring is 1. The van der Waals surface area contributed by atoms with Crippen LogP contribution in [0.15, 0.2) is 33.5 Å². The SMILES string of the molecule is Nc1ccc2oc(=O)ccc2c1CCO. The largest absolute Gasteiger partial charge is 0.423 e. The summed E-state index contributed by atoms with van der Waals surface area (Å²) in [5.74, 6) is 0. The Morgan fingerprint density at radius 3 is 2.80 bits per heavy atom. The Morgan fingerprint density at radius 1 is 1.27 bits per heavy atom. The van der Waals surface area contributed by atoms with Gasteiger partial charge in [-0.1, -0.05) is 0 Å². The lowest BCUT2D eigenvalue weighted by molar-refractivity contribution is 0.300. The average Bonchev–Trinajstić information content (AvgIpc) is 2.22. The van der Waals surface area contributed by atoms with Gasteiger partial charge in [0.2, 0.25) is 0 Å². The number of hydrogen-bond acceptors (Lipinski definition) is 4. The fourth-order valence-corrected chi connectivity index (χ4v) is 1.62. The van der Waals surface area contributed by atoms with E-state index in [-0.39, 0.29) is 12.2 Å². The average molecular weight is 205 g/mol. The predicted octanol–water partition coefficient (Wildman–Crippen LogP) is 0.910. The van der Waals surface area contributed by atoms with Crippen molar-refractivity contribution in [3.05, 3.63) is 40.2 Å². The summed E-state index contributed by atoms with van der Waals surface area (Å²) in [4.78, 5) is 11.0. The van der Waals surface area contributed by atoms with Crippen LogP contribution in [0, 0.1) is 0 Å². The summed E-state index contributed by atoms with van der Waals surface area (Å²) in [6.07, 6.45) is 0.455. The predicted molar refractivity (Wildman–Crippen MR) is 57.7 cm³/mol. The highest BCUT2D eigenvalue weighted by molar-refractivity contribution is 5.85. The molecule has 1 heterocycles. The van der Waals surface area contributed by atoms with E-state index in [0.717, 1.165) is 10.9 Å². The zero-order chi connectivity index (χ0) is 10.8. The normalized spacial score (nSPS) is 10.7. The third-order valence-electron chi connectivity index (χ3n) is 2.31. The second kappa shape index (κ2) is 3.74. The van der Waals surface area contributed by atoms with Crippen LogP contribution in [-0.4, -0.2) is 11.7 Å². The van der Waals surface area contributed by atoms with Gasteiger partial charge in [0.05, 0.1) is 0 Å². The molecule has 0 bridgehead atoms. The molecule has 0 radical (unpaired) electrons. The van der Waals surface area contributed by atoms with Gasteiger partial charge in [-0.15, -0.1) is 0 Å². The minimum atomic E-state index is -0.387. The van der Waals surface area contributed by atoms with E-state index in [0.29, 0.717) is 17.7 Å². The quantitative estimate of drug-likeness (QED) is 0.564. The minimum Gasteiger partial charge on any atom is -0.423 e. The van der Waals surface area contributed by atoms with Gasteiger partial charge in [-0.2, -0.15) is 0 Å². The van der Waals surface area contributed by atoms with Gasteiger partial charge in [-0.25, -0.2) is 4.79 Å². The monoisotopic (exact) mass is 205 g/mol. The number of anilines is 1. The van der Waals surface area contributed by atoms with Crippen LogP contribution in [0.2, 0.25) is 0 Å². The molecule has 0 saturated heterocycles. The number of aliphatic hydroxyl groups excluding tert-OH is 1. The van der Waals surface area contributed by atoms with Gasteiger partial charge in [0, 0.05) is 23.7 Å². The molecule has 78 valence electrons. The second-order valence-corrected chi connectivity index (χ2v) is 3.27. The summed E-state index contributed by atoms with van der Waals surface area (Å²) in [6.45, 7) is 0.0163. The zero-order valence-electron chi connectivity index (χ0n) is 8.06. The molecule has 0 fully saturated rings. The number of aliphatic hydroxyl groups is 1. The number of rotatable bonds is 2. The van der Waals surface area contributed by atoms with Crippen LogP contribution in [0.5, 0.6) is 0 Å². The van der Waals surface area contributed by atoms with Crippen molar-refractivity contribution in [2.24, 2.45) is 0 Å². The maximum atomic E-state index is 11.0. The number of fused-ring (bicyclic) bond motifs is 1. The standard InChI is InChI=1S/C11H11NO3/c12-9-2-3-10-8(7(9)5-6-13)1-4-11(14)15-10/h1-4,13H,5-6,12H2. The molecule has 3 N–H and O–H groups in total. The summed E-state index contributed by atoms with van der Waals surface area (Å²) >= 11 is 0.